The molecule has 1 aromatic heterocycles. The molecule has 2 amide bonds. The number of amides is 2. The van der Waals surface area contributed by atoms with Gasteiger partial charge in [-0.25, -0.2) is 0 Å². The highest BCUT2D eigenvalue weighted by Gasteiger charge is 2.35. The van der Waals surface area contributed by atoms with Crippen molar-refractivity contribution in [2.24, 2.45) is 0 Å². The summed E-state index contributed by atoms with van der Waals surface area (Å²) in [5, 5.41) is 0.965. The molecule has 0 saturated carbocycles. The largest absolute Gasteiger partial charge is 0.451 e. The van der Waals surface area contributed by atoms with Gasteiger partial charge >= 0.3 is 0 Å². The Labute approximate surface area is 141 Å². The van der Waals surface area contributed by atoms with Gasteiger partial charge in [0.05, 0.1) is 6.04 Å². The fraction of sp³-hybridized carbons (Fsp3) is 0.474. The maximum atomic E-state index is 12.8. The molecule has 5 heteroatoms. The zero-order chi connectivity index (χ0) is 16.8. The van der Waals surface area contributed by atoms with Gasteiger partial charge in [0.15, 0.2) is 5.76 Å². The van der Waals surface area contributed by atoms with Gasteiger partial charge in [-0.2, -0.15) is 0 Å². The average Bonchev–Trinajstić information content (AvgIpc) is 3.26. The van der Waals surface area contributed by atoms with Gasteiger partial charge < -0.3 is 14.2 Å². The van der Waals surface area contributed by atoms with Crippen LogP contribution in [0.5, 0.6) is 0 Å². The molecule has 1 atom stereocenters. The number of fused-ring (bicyclic) bond motifs is 1. The Morgan fingerprint density at radius 3 is 2.71 bits per heavy atom. The van der Waals surface area contributed by atoms with Crippen LogP contribution in [-0.4, -0.2) is 47.3 Å². The van der Waals surface area contributed by atoms with Crippen LogP contribution in [0.1, 0.15) is 40.9 Å². The minimum absolute atomic E-state index is 0.0735. The smallest absolute Gasteiger partial charge is 0.289 e. The van der Waals surface area contributed by atoms with Crippen molar-refractivity contribution in [3.63, 3.8) is 0 Å². The quantitative estimate of drug-likeness (QED) is 0.853. The Morgan fingerprint density at radius 1 is 1.17 bits per heavy atom. The number of benzene rings is 1. The fourth-order valence-electron chi connectivity index (χ4n) is 3.80. The minimum atomic E-state index is -0.0735. The highest BCUT2D eigenvalue weighted by molar-refractivity contribution is 5.96. The van der Waals surface area contributed by atoms with Gasteiger partial charge in [0.25, 0.3) is 5.91 Å². The van der Waals surface area contributed by atoms with Gasteiger partial charge in [-0.05, 0) is 56.0 Å². The first-order valence-corrected chi connectivity index (χ1v) is 8.62. The molecule has 0 aliphatic carbocycles. The molecule has 1 unspecified atom stereocenters. The zero-order valence-electron chi connectivity index (χ0n) is 14.2. The summed E-state index contributed by atoms with van der Waals surface area (Å²) in [6.45, 7) is 6.22. The molecule has 2 aliphatic rings. The van der Waals surface area contributed by atoms with Crippen LogP contribution in [-0.2, 0) is 4.79 Å². The molecule has 0 N–H and O–H groups in total. The van der Waals surface area contributed by atoms with E-state index in [9.17, 15) is 9.59 Å². The van der Waals surface area contributed by atoms with E-state index in [-0.39, 0.29) is 17.9 Å². The summed E-state index contributed by atoms with van der Waals surface area (Å²) in [4.78, 5) is 28.4. The van der Waals surface area contributed by atoms with Crippen molar-refractivity contribution in [2.75, 3.05) is 19.6 Å². The predicted octanol–water partition coefficient (Wildman–Crippen LogP) is 2.89. The van der Waals surface area contributed by atoms with Gasteiger partial charge in [-0.3, -0.25) is 9.59 Å². The molecule has 0 spiro atoms. The van der Waals surface area contributed by atoms with Crippen molar-refractivity contribution in [3.05, 3.63) is 35.1 Å². The third kappa shape index (κ3) is 2.48. The SMILES string of the molecule is Cc1cc2cc(C(=O)N3CCC(N4CCCC4=O)C3)oc2cc1C. The lowest BCUT2D eigenvalue weighted by atomic mass is 10.1. The molecule has 5 nitrogen and oxygen atoms in total. The van der Waals surface area contributed by atoms with E-state index in [0.717, 1.165) is 35.9 Å². The molecule has 2 saturated heterocycles. The summed E-state index contributed by atoms with van der Waals surface area (Å²) in [5.74, 6) is 0.544. The average molecular weight is 326 g/mol. The Balaban J connectivity index is 1.53. The summed E-state index contributed by atoms with van der Waals surface area (Å²) in [7, 11) is 0. The number of furan rings is 1. The predicted molar refractivity (Wildman–Crippen MR) is 90.9 cm³/mol. The number of hydrogen-bond acceptors (Lipinski definition) is 3. The second kappa shape index (κ2) is 5.65. The molecule has 3 heterocycles. The van der Waals surface area contributed by atoms with Crippen LogP contribution in [0, 0.1) is 13.8 Å². The van der Waals surface area contributed by atoms with Crippen LogP contribution in [0.2, 0.25) is 0 Å². The van der Waals surface area contributed by atoms with Crippen LogP contribution >= 0.6 is 0 Å². The van der Waals surface area contributed by atoms with Gasteiger partial charge in [-0.15, -0.1) is 0 Å². The number of nitrogens with zero attached hydrogens (tertiary/aromatic N) is 2. The standard InChI is InChI=1S/C19H22N2O3/c1-12-8-14-10-17(24-16(14)9-13(12)2)19(23)20-7-5-15(11-20)21-6-3-4-18(21)22/h8-10,15H,3-7,11H2,1-2H3. The van der Waals surface area contributed by atoms with E-state index in [0.29, 0.717) is 25.3 Å². The summed E-state index contributed by atoms with van der Waals surface area (Å²) in [6.07, 6.45) is 2.44. The molecule has 1 aromatic carbocycles. The van der Waals surface area contributed by atoms with Crippen molar-refractivity contribution >= 4 is 22.8 Å². The lowest BCUT2D eigenvalue weighted by Crippen LogP contribution is -2.39. The Hall–Kier alpha value is -2.30. The van der Waals surface area contributed by atoms with E-state index in [1.54, 1.807) is 0 Å². The molecule has 2 aromatic rings. The fourth-order valence-corrected chi connectivity index (χ4v) is 3.80. The summed E-state index contributed by atoms with van der Waals surface area (Å²) < 4.78 is 5.79. The first-order valence-electron chi connectivity index (χ1n) is 8.62. The highest BCUT2D eigenvalue weighted by atomic mass is 16.3. The number of likely N-dealkylation sites (tertiary alicyclic amines) is 2. The van der Waals surface area contributed by atoms with Crippen molar-refractivity contribution < 1.29 is 14.0 Å². The van der Waals surface area contributed by atoms with Crippen LogP contribution in [0.15, 0.2) is 22.6 Å². The first-order chi connectivity index (χ1) is 11.5. The highest BCUT2D eigenvalue weighted by Crippen LogP contribution is 2.26. The van der Waals surface area contributed by atoms with Crippen LogP contribution < -0.4 is 0 Å². The molecule has 2 aliphatic heterocycles. The number of aryl methyl sites for hydroxylation is 2. The van der Waals surface area contributed by atoms with Crippen molar-refractivity contribution in [2.45, 2.75) is 39.2 Å². The molecular weight excluding hydrogens is 304 g/mol. The summed E-state index contributed by atoms with van der Waals surface area (Å²) >= 11 is 0. The zero-order valence-corrected chi connectivity index (χ0v) is 14.2. The van der Waals surface area contributed by atoms with E-state index >= 15 is 0 Å². The van der Waals surface area contributed by atoms with Crippen LogP contribution in [0.3, 0.4) is 0 Å². The molecular formula is C19H22N2O3. The molecule has 2 fully saturated rings. The van der Waals surface area contributed by atoms with E-state index in [1.807, 2.05) is 28.9 Å². The van der Waals surface area contributed by atoms with Crippen molar-refractivity contribution in [1.29, 1.82) is 0 Å². The lowest BCUT2D eigenvalue weighted by Gasteiger charge is -2.23. The van der Waals surface area contributed by atoms with Crippen molar-refractivity contribution in [1.82, 2.24) is 9.80 Å². The third-order valence-corrected chi connectivity index (χ3v) is 5.34. The van der Waals surface area contributed by atoms with E-state index in [2.05, 4.69) is 13.0 Å². The number of hydrogen-bond donors (Lipinski definition) is 0. The van der Waals surface area contributed by atoms with Gasteiger partial charge in [0.1, 0.15) is 5.58 Å². The van der Waals surface area contributed by atoms with Gasteiger partial charge in [0, 0.05) is 31.4 Å². The van der Waals surface area contributed by atoms with E-state index in [1.165, 1.54) is 5.56 Å². The number of carbonyl (C=O) groups excluding carboxylic acids is 2. The topological polar surface area (TPSA) is 53.8 Å². The summed E-state index contributed by atoms with van der Waals surface area (Å²) in [5.41, 5.74) is 3.10. The number of rotatable bonds is 2. The maximum Gasteiger partial charge on any atom is 0.289 e. The third-order valence-electron chi connectivity index (χ3n) is 5.34. The molecule has 0 radical (unpaired) electrons. The normalized spacial score (nSPS) is 21.2. The Kier molecular flexibility index (Phi) is 3.59. The minimum Gasteiger partial charge on any atom is -0.451 e. The van der Waals surface area contributed by atoms with Gasteiger partial charge in [0.2, 0.25) is 5.91 Å². The monoisotopic (exact) mass is 326 g/mol. The second-order valence-electron chi connectivity index (χ2n) is 6.97. The van der Waals surface area contributed by atoms with E-state index < -0.39 is 0 Å². The molecule has 0 bridgehead atoms. The lowest BCUT2D eigenvalue weighted by molar-refractivity contribution is -0.129. The Bertz CT molecular complexity index is 784. The van der Waals surface area contributed by atoms with E-state index in [4.69, 9.17) is 4.42 Å². The number of carbonyl (C=O) groups is 2. The van der Waals surface area contributed by atoms with Crippen LogP contribution in [0.25, 0.3) is 11.0 Å². The van der Waals surface area contributed by atoms with Crippen molar-refractivity contribution in [3.8, 4) is 0 Å². The first kappa shape index (κ1) is 15.2. The van der Waals surface area contributed by atoms with Gasteiger partial charge in [-0.1, -0.05) is 0 Å². The Morgan fingerprint density at radius 2 is 1.96 bits per heavy atom. The molecule has 126 valence electrons. The second-order valence-corrected chi connectivity index (χ2v) is 6.97. The molecule has 24 heavy (non-hydrogen) atoms. The molecule has 4 rings (SSSR count). The summed E-state index contributed by atoms with van der Waals surface area (Å²) in [6, 6.07) is 6.04. The maximum absolute atomic E-state index is 12.8. The van der Waals surface area contributed by atoms with Crippen LogP contribution in [0.4, 0.5) is 0 Å².